The lowest BCUT2D eigenvalue weighted by atomic mass is 10.2. The number of rotatable bonds is 7. The maximum absolute atomic E-state index is 14.2. The molecule has 0 aliphatic heterocycles. The monoisotopic (exact) mass is 499 g/mol. The maximum atomic E-state index is 14.2. The lowest BCUT2D eigenvalue weighted by molar-refractivity contribution is -0.385. The summed E-state index contributed by atoms with van der Waals surface area (Å²) in [5.41, 5.74) is -0.0705. The van der Waals surface area contributed by atoms with Gasteiger partial charge in [0.15, 0.2) is 5.75 Å². The van der Waals surface area contributed by atoms with E-state index in [4.69, 9.17) is 21.4 Å². The molecule has 0 saturated heterocycles. The highest BCUT2D eigenvalue weighted by atomic mass is 79.9. The van der Waals surface area contributed by atoms with E-state index in [-0.39, 0.29) is 46.5 Å². The van der Waals surface area contributed by atoms with Crippen LogP contribution in [0.25, 0.3) is 10.9 Å². The van der Waals surface area contributed by atoms with E-state index < -0.39 is 16.8 Å². The lowest BCUT2D eigenvalue weighted by Gasteiger charge is -2.12. The van der Waals surface area contributed by atoms with E-state index in [1.807, 2.05) is 0 Å². The van der Waals surface area contributed by atoms with Gasteiger partial charge in [-0.3, -0.25) is 10.1 Å². The Labute approximate surface area is 181 Å². The Balaban J connectivity index is 1.98. The van der Waals surface area contributed by atoms with Crippen LogP contribution in [0.1, 0.15) is 0 Å². The molecule has 2 aromatic carbocycles. The van der Waals surface area contributed by atoms with Crippen molar-refractivity contribution in [1.29, 1.82) is 0 Å². The van der Waals surface area contributed by atoms with Crippen molar-refractivity contribution in [1.82, 2.24) is 15.3 Å². The molecule has 0 radical (unpaired) electrons. The van der Waals surface area contributed by atoms with Gasteiger partial charge in [0.25, 0.3) is 0 Å². The Morgan fingerprint density at radius 3 is 2.80 bits per heavy atom. The lowest BCUT2D eigenvalue weighted by Crippen LogP contribution is -2.26. The molecule has 0 saturated carbocycles. The van der Waals surface area contributed by atoms with Crippen LogP contribution < -0.4 is 15.4 Å². The largest absolute Gasteiger partial charge is 0.485 e. The van der Waals surface area contributed by atoms with E-state index in [1.165, 1.54) is 30.6 Å². The fraction of sp³-hybridized carbons (Fsp3) is 0.118. The van der Waals surface area contributed by atoms with Crippen molar-refractivity contribution in [3.05, 3.63) is 56.0 Å². The second kappa shape index (κ2) is 9.05. The zero-order chi connectivity index (χ0) is 21.8. The normalized spacial score (nSPS) is 10.6. The van der Waals surface area contributed by atoms with Crippen molar-refractivity contribution >= 4 is 61.7 Å². The molecule has 0 bridgehead atoms. The van der Waals surface area contributed by atoms with Gasteiger partial charge in [-0.1, -0.05) is 11.6 Å². The van der Waals surface area contributed by atoms with Gasteiger partial charge in [0, 0.05) is 16.6 Å². The van der Waals surface area contributed by atoms with Crippen LogP contribution in [-0.4, -0.2) is 39.2 Å². The summed E-state index contributed by atoms with van der Waals surface area (Å²) in [6, 6.07) is 5.03. The van der Waals surface area contributed by atoms with Gasteiger partial charge in [-0.25, -0.2) is 19.2 Å². The number of nitrogens with zero attached hydrogens (tertiary/aromatic N) is 3. The number of nitro benzene ring substituents is 1. The Bertz CT molecular complexity index is 1150. The van der Waals surface area contributed by atoms with Gasteiger partial charge in [0.2, 0.25) is 0 Å². The molecule has 0 aliphatic carbocycles. The molecule has 0 spiro atoms. The summed E-state index contributed by atoms with van der Waals surface area (Å²) in [6.45, 7) is -0.192. The number of ether oxygens (including phenoxy) is 1. The third-order valence-electron chi connectivity index (χ3n) is 3.81. The fourth-order valence-corrected chi connectivity index (χ4v) is 2.97. The summed E-state index contributed by atoms with van der Waals surface area (Å²) in [7, 11) is 0. The first-order valence-corrected chi connectivity index (χ1v) is 9.37. The fourth-order valence-electron chi connectivity index (χ4n) is 2.50. The number of nitro groups is 1. The highest BCUT2D eigenvalue weighted by Crippen LogP contribution is 2.36. The quantitative estimate of drug-likeness (QED) is 0.187. The Hall–Kier alpha value is -3.25. The van der Waals surface area contributed by atoms with Gasteiger partial charge >= 0.3 is 11.8 Å². The van der Waals surface area contributed by atoms with Crippen LogP contribution in [0.3, 0.4) is 0 Å². The molecular weight excluding hydrogens is 489 g/mol. The summed E-state index contributed by atoms with van der Waals surface area (Å²) in [6.07, 6.45) is -0.0414. The van der Waals surface area contributed by atoms with Crippen molar-refractivity contribution in [2.75, 3.05) is 18.5 Å². The average molecular weight is 501 g/mol. The van der Waals surface area contributed by atoms with Gasteiger partial charge < -0.3 is 20.5 Å². The third kappa shape index (κ3) is 4.83. The van der Waals surface area contributed by atoms with Crippen LogP contribution in [0.15, 0.2) is 35.1 Å². The number of carboxylic acid groups (broad SMARTS) is 1. The second-order valence-corrected chi connectivity index (χ2v) is 7.03. The molecule has 1 heterocycles. The van der Waals surface area contributed by atoms with E-state index in [9.17, 15) is 19.3 Å². The zero-order valence-corrected chi connectivity index (χ0v) is 17.2. The first-order chi connectivity index (χ1) is 14.3. The topological polar surface area (TPSA) is 140 Å². The van der Waals surface area contributed by atoms with E-state index >= 15 is 0 Å². The highest BCUT2D eigenvalue weighted by molar-refractivity contribution is 9.10. The molecular formula is C17H12BrClFN5O5. The van der Waals surface area contributed by atoms with Crippen LogP contribution in [0, 0.1) is 15.9 Å². The third-order valence-corrected chi connectivity index (χ3v) is 5.01. The van der Waals surface area contributed by atoms with Crippen LogP contribution in [0.2, 0.25) is 5.02 Å². The second-order valence-electron chi connectivity index (χ2n) is 5.77. The van der Waals surface area contributed by atoms with E-state index in [1.54, 1.807) is 0 Å². The minimum atomic E-state index is -1.24. The SMILES string of the molecule is O=C(O)NCCOc1cc2ncnc(Nc3cc(Cl)c(Br)cc3F)c2cc1[N+](=O)[O-]. The van der Waals surface area contributed by atoms with Crippen molar-refractivity contribution in [3.8, 4) is 5.75 Å². The summed E-state index contributed by atoms with van der Waals surface area (Å²) < 4.78 is 19.9. The Morgan fingerprint density at radius 1 is 1.33 bits per heavy atom. The van der Waals surface area contributed by atoms with Crippen LogP contribution in [0.5, 0.6) is 5.75 Å². The molecule has 13 heteroatoms. The predicted octanol–water partition coefficient (Wildman–Crippen LogP) is 4.48. The maximum Gasteiger partial charge on any atom is 0.404 e. The zero-order valence-electron chi connectivity index (χ0n) is 14.9. The van der Waals surface area contributed by atoms with E-state index in [0.29, 0.717) is 9.99 Å². The molecule has 156 valence electrons. The van der Waals surface area contributed by atoms with Crippen molar-refractivity contribution in [2.45, 2.75) is 0 Å². The number of aromatic nitrogens is 2. The van der Waals surface area contributed by atoms with Gasteiger partial charge in [-0.2, -0.15) is 0 Å². The molecule has 0 unspecified atom stereocenters. The van der Waals surface area contributed by atoms with Gasteiger partial charge in [-0.05, 0) is 28.1 Å². The molecule has 1 amide bonds. The average Bonchev–Trinajstić information content (AvgIpc) is 2.68. The van der Waals surface area contributed by atoms with Crippen LogP contribution in [0.4, 0.5) is 26.4 Å². The minimum absolute atomic E-state index is 0.0194. The molecule has 3 rings (SSSR count). The van der Waals surface area contributed by atoms with Crippen molar-refractivity contribution in [2.24, 2.45) is 0 Å². The van der Waals surface area contributed by atoms with E-state index in [0.717, 1.165) is 0 Å². The summed E-state index contributed by atoms with van der Waals surface area (Å²) >= 11 is 9.13. The first-order valence-electron chi connectivity index (χ1n) is 8.20. The summed E-state index contributed by atoms with van der Waals surface area (Å²) in [5.74, 6) is -0.583. The van der Waals surface area contributed by atoms with Gasteiger partial charge in [-0.15, -0.1) is 0 Å². The smallest absolute Gasteiger partial charge is 0.404 e. The first kappa shape index (κ1) is 21.5. The highest BCUT2D eigenvalue weighted by Gasteiger charge is 2.20. The van der Waals surface area contributed by atoms with Crippen molar-refractivity contribution in [3.63, 3.8) is 0 Å². The number of carbonyl (C=O) groups is 1. The number of hydrogen-bond donors (Lipinski definition) is 3. The molecule has 0 aliphatic rings. The van der Waals surface area contributed by atoms with Crippen LogP contribution in [-0.2, 0) is 0 Å². The Kier molecular flexibility index (Phi) is 6.47. The molecule has 1 aromatic heterocycles. The molecule has 3 N–H and O–H groups in total. The van der Waals surface area contributed by atoms with Crippen LogP contribution >= 0.6 is 27.5 Å². The summed E-state index contributed by atoms with van der Waals surface area (Å²) in [5, 5.41) is 25.4. The number of nitrogens with one attached hydrogen (secondary N) is 2. The minimum Gasteiger partial charge on any atom is -0.485 e. The van der Waals surface area contributed by atoms with Gasteiger partial charge in [0.05, 0.1) is 33.1 Å². The number of halogens is 3. The molecule has 30 heavy (non-hydrogen) atoms. The predicted molar refractivity (Wildman–Crippen MR) is 110 cm³/mol. The Morgan fingerprint density at radius 2 is 2.10 bits per heavy atom. The summed E-state index contributed by atoms with van der Waals surface area (Å²) in [4.78, 5) is 29.4. The van der Waals surface area contributed by atoms with Crippen molar-refractivity contribution < 1.29 is 24.0 Å². The molecule has 3 aromatic rings. The van der Waals surface area contributed by atoms with E-state index in [2.05, 4.69) is 36.5 Å². The number of anilines is 2. The standard InChI is InChI=1S/C17H12BrClFN5O5/c18-9-4-11(20)13(5-10(9)19)24-16-8-3-14(25(28)29)15(6-12(8)22-7-23-16)30-2-1-21-17(26)27/h3-7,21H,1-2H2,(H,26,27)(H,22,23,24). The number of hydrogen-bond acceptors (Lipinski definition) is 7. The molecule has 0 atom stereocenters. The molecule has 10 nitrogen and oxygen atoms in total. The molecule has 0 fully saturated rings. The number of fused-ring (bicyclic) bond motifs is 1. The van der Waals surface area contributed by atoms with Gasteiger partial charge in [0.1, 0.15) is 24.6 Å². The number of benzene rings is 2. The number of amides is 1.